The Morgan fingerprint density at radius 3 is 3.07 bits per heavy atom. The van der Waals surface area contributed by atoms with Crippen LogP contribution in [0.25, 0.3) is 0 Å². The average Bonchev–Trinajstić information content (AvgIpc) is 2.56. The zero-order valence-electron chi connectivity index (χ0n) is 8.58. The number of ether oxygens (including phenoxy) is 2. The topological polar surface area (TPSA) is 35.5 Å². The Labute approximate surface area is 103 Å². The standard InChI is InChI=1S/C11H15IO3/c1-2-3-8-5-14-6-9-4-10(13)15-11(8,9)7-12/h2,8-9H,1,3-7H2/t8-,9+,11-/m0/s1. The summed E-state index contributed by atoms with van der Waals surface area (Å²) in [4.78, 5) is 11.4. The summed E-state index contributed by atoms with van der Waals surface area (Å²) in [5.74, 6) is 0.439. The third-order valence-corrected chi connectivity index (χ3v) is 4.59. The van der Waals surface area contributed by atoms with Crippen LogP contribution in [0.4, 0.5) is 0 Å². The zero-order valence-corrected chi connectivity index (χ0v) is 10.7. The highest BCUT2D eigenvalue weighted by Crippen LogP contribution is 2.45. The maximum atomic E-state index is 11.4. The zero-order chi connectivity index (χ0) is 10.9. The van der Waals surface area contributed by atoms with E-state index in [2.05, 4.69) is 29.2 Å². The molecule has 3 atom stereocenters. The first kappa shape index (κ1) is 11.4. The number of halogens is 1. The normalized spacial score (nSPS) is 39.7. The molecule has 84 valence electrons. The third-order valence-electron chi connectivity index (χ3n) is 3.40. The summed E-state index contributed by atoms with van der Waals surface area (Å²) in [7, 11) is 0. The Kier molecular flexibility index (Phi) is 3.35. The largest absolute Gasteiger partial charge is 0.457 e. The van der Waals surface area contributed by atoms with Gasteiger partial charge in [0.05, 0.1) is 19.6 Å². The molecule has 0 aliphatic carbocycles. The number of carbonyl (C=O) groups is 1. The quantitative estimate of drug-likeness (QED) is 0.345. The van der Waals surface area contributed by atoms with Crippen molar-refractivity contribution in [1.29, 1.82) is 0 Å². The molecule has 0 saturated carbocycles. The molecule has 0 bridgehead atoms. The maximum Gasteiger partial charge on any atom is 0.306 e. The van der Waals surface area contributed by atoms with Gasteiger partial charge < -0.3 is 9.47 Å². The monoisotopic (exact) mass is 322 g/mol. The van der Waals surface area contributed by atoms with E-state index in [9.17, 15) is 4.79 Å². The summed E-state index contributed by atoms with van der Waals surface area (Å²) in [5, 5.41) is 0. The lowest BCUT2D eigenvalue weighted by Crippen LogP contribution is -2.52. The molecule has 0 radical (unpaired) electrons. The number of hydrogen-bond donors (Lipinski definition) is 0. The van der Waals surface area contributed by atoms with E-state index in [4.69, 9.17) is 9.47 Å². The maximum absolute atomic E-state index is 11.4. The Morgan fingerprint density at radius 1 is 1.60 bits per heavy atom. The Bertz CT molecular complexity index is 279. The molecule has 2 heterocycles. The number of allylic oxidation sites excluding steroid dienone is 1. The minimum Gasteiger partial charge on any atom is -0.457 e. The van der Waals surface area contributed by atoms with E-state index < -0.39 is 0 Å². The van der Waals surface area contributed by atoms with Crippen LogP contribution in [0, 0.1) is 11.8 Å². The highest BCUT2D eigenvalue weighted by molar-refractivity contribution is 14.1. The van der Waals surface area contributed by atoms with Crippen LogP contribution in [0.3, 0.4) is 0 Å². The van der Waals surface area contributed by atoms with Crippen LogP contribution in [-0.2, 0) is 14.3 Å². The van der Waals surface area contributed by atoms with E-state index in [0.29, 0.717) is 19.6 Å². The summed E-state index contributed by atoms with van der Waals surface area (Å²) in [6.45, 7) is 5.09. The molecule has 3 nitrogen and oxygen atoms in total. The van der Waals surface area contributed by atoms with Crippen LogP contribution in [0.15, 0.2) is 12.7 Å². The van der Waals surface area contributed by atoms with Gasteiger partial charge in [-0.05, 0) is 6.42 Å². The summed E-state index contributed by atoms with van der Waals surface area (Å²) < 4.78 is 12.0. The summed E-state index contributed by atoms with van der Waals surface area (Å²) in [6.07, 6.45) is 3.25. The molecule has 2 aliphatic heterocycles. The predicted octanol–water partition coefficient (Wildman–Crippen LogP) is 1.95. The number of carbonyl (C=O) groups excluding carboxylic acids is 1. The molecule has 0 aromatic rings. The lowest BCUT2D eigenvalue weighted by atomic mass is 9.76. The molecule has 0 spiro atoms. The molecule has 2 aliphatic rings. The molecular formula is C11H15IO3. The van der Waals surface area contributed by atoms with Gasteiger partial charge in [-0.25, -0.2) is 0 Å². The predicted molar refractivity (Wildman–Crippen MR) is 64.9 cm³/mol. The smallest absolute Gasteiger partial charge is 0.306 e. The van der Waals surface area contributed by atoms with Crippen molar-refractivity contribution in [1.82, 2.24) is 0 Å². The van der Waals surface area contributed by atoms with E-state index in [0.717, 1.165) is 10.8 Å². The van der Waals surface area contributed by atoms with E-state index in [1.165, 1.54) is 0 Å². The lowest BCUT2D eigenvalue weighted by Gasteiger charge is -2.42. The number of alkyl halides is 1. The first-order chi connectivity index (χ1) is 7.23. The van der Waals surface area contributed by atoms with Crippen LogP contribution in [-0.4, -0.2) is 29.2 Å². The van der Waals surface area contributed by atoms with Gasteiger partial charge in [0, 0.05) is 16.3 Å². The van der Waals surface area contributed by atoms with Gasteiger partial charge in [0.15, 0.2) is 0 Å². The number of hydrogen-bond acceptors (Lipinski definition) is 3. The van der Waals surface area contributed by atoms with Crippen LogP contribution in [0.1, 0.15) is 12.8 Å². The van der Waals surface area contributed by atoms with Crippen molar-refractivity contribution in [2.45, 2.75) is 18.4 Å². The van der Waals surface area contributed by atoms with Gasteiger partial charge in [-0.1, -0.05) is 28.7 Å². The fraction of sp³-hybridized carbons (Fsp3) is 0.727. The highest BCUT2D eigenvalue weighted by Gasteiger charge is 2.55. The Morgan fingerprint density at radius 2 is 2.40 bits per heavy atom. The molecule has 2 rings (SSSR count). The minimum atomic E-state index is -0.288. The summed E-state index contributed by atoms with van der Waals surface area (Å²) >= 11 is 2.31. The number of fused-ring (bicyclic) bond motifs is 1. The second-order valence-electron chi connectivity index (χ2n) is 4.22. The van der Waals surface area contributed by atoms with Crippen LogP contribution >= 0.6 is 22.6 Å². The van der Waals surface area contributed by atoms with Crippen molar-refractivity contribution in [3.8, 4) is 0 Å². The van der Waals surface area contributed by atoms with Gasteiger partial charge in [0.25, 0.3) is 0 Å². The summed E-state index contributed by atoms with van der Waals surface area (Å²) in [6, 6.07) is 0. The third kappa shape index (κ3) is 1.82. The summed E-state index contributed by atoms with van der Waals surface area (Å²) in [5.41, 5.74) is -0.288. The Hall–Kier alpha value is -0.100. The van der Waals surface area contributed by atoms with Crippen LogP contribution in [0.2, 0.25) is 0 Å². The first-order valence-electron chi connectivity index (χ1n) is 5.19. The van der Waals surface area contributed by atoms with Gasteiger partial charge in [0.2, 0.25) is 0 Å². The van der Waals surface area contributed by atoms with Gasteiger partial charge in [-0.3, -0.25) is 4.79 Å². The molecule has 0 aromatic carbocycles. The molecular weight excluding hydrogens is 307 g/mol. The first-order valence-corrected chi connectivity index (χ1v) is 6.72. The van der Waals surface area contributed by atoms with E-state index in [-0.39, 0.29) is 23.4 Å². The SMILES string of the molecule is C=CC[C@H]1COC[C@H]2CC(=O)O[C@@]12CI. The van der Waals surface area contributed by atoms with Crippen LogP contribution < -0.4 is 0 Å². The van der Waals surface area contributed by atoms with Crippen molar-refractivity contribution in [3.05, 3.63) is 12.7 Å². The van der Waals surface area contributed by atoms with E-state index in [1.54, 1.807) is 0 Å². The van der Waals surface area contributed by atoms with E-state index >= 15 is 0 Å². The van der Waals surface area contributed by atoms with Gasteiger partial charge in [-0.2, -0.15) is 0 Å². The van der Waals surface area contributed by atoms with E-state index in [1.807, 2.05) is 6.08 Å². The molecule has 0 unspecified atom stereocenters. The second kappa shape index (κ2) is 4.41. The van der Waals surface area contributed by atoms with Gasteiger partial charge in [-0.15, -0.1) is 6.58 Å². The lowest BCUT2D eigenvalue weighted by molar-refractivity contribution is -0.162. The fourth-order valence-corrected chi connectivity index (χ4v) is 3.94. The highest BCUT2D eigenvalue weighted by atomic mass is 127. The molecule has 2 fully saturated rings. The van der Waals surface area contributed by atoms with Crippen LogP contribution in [0.5, 0.6) is 0 Å². The van der Waals surface area contributed by atoms with Crippen molar-refractivity contribution >= 4 is 28.6 Å². The van der Waals surface area contributed by atoms with Crippen molar-refractivity contribution in [2.75, 3.05) is 17.6 Å². The molecule has 2 saturated heterocycles. The molecule has 15 heavy (non-hydrogen) atoms. The van der Waals surface area contributed by atoms with Gasteiger partial charge >= 0.3 is 5.97 Å². The minimum absolute atomic E-state index is 0.0729. The molecule has 0 N–H and O–H groups in total. The van der Waals surface area contributed by atoms with Crippen molar-refractivity contribution in [2.24, 2.45) is 11.8 Å². The van der Waals surface area contributed by atoms with Crippen molar-refractivity contribution < 1.29 is 14.3 Å². The Balaban J connectivity index is 2.24. The fourth-order valence-electron chi connectivity index (χ4n) is 2.54. The second-order valence-corrected chi connectivity index (χ2v) is 4.99. The van der Waals surface area contributed by atoms with Gasteiger partial charge in [0.1, 0.15) is 5.60 Å². The molecule has 4 heteroatoms. The molecule has 0 amide bonds. The van der Waals surface area contributed by atoms with Crippen molar-refractivity contribution in [3.63, 3.8) is 0 Å². The number of esters is 1. The molecule has 0 aromatic heterocycles. The average molecular weight is 322 g/mol. The number of rotatable bonds is 3.